The minimum Gasteiger partial charge on any atom is -0.338 e. The molecule has 0 aromatic carbocycles. The van der Waals surface area contributed by atoms with Crippen LogP contribution in [-0.2, 0) is 0 Å². The van der Waals surface area contributed by atoms with Crippen LogP contribution in [0.4, 0.5) is 4.79 Å². The molecule has 2 aliphatic rings. The number of amides is 2. The second-order valence-electron chi connectivity index (χ2n) is 4.87. The van der Waals surface area contributed by atoms with Crippen molar-refractivity contribution in [1.29, 1.82) is 0 Å². The molecule has 1 aliphatic heterocycles. The van der Waals surface area contributed by atoms with E-state index in [2.05, 4.69) is 5.32 Å². The molecule has 2 rings (SSSR count). The maximum atomic E-state index is 11.6. The summed E-state index contributed by atoms with van der Waals surface area (Å²) < 4.78 is 0. The van der Waals surface area contributed by atoms with Gasteiger partial charge in [-0.05, 0) is 31.6 Å². The third-order valence-electron chi connectivity index (χ3n) is 3.68. The van der Waals surface area contributed by atoms with Crippen LogP contribution in [0.2, 0.25) is 0 Å². The number of urea groups is 1. The molecule has 86 valence electrons. The minimum atomic E-state index is 0.154. The Labute approximate surface area is 92.2 Å². The molecule has 0 atom stereocenters. The van der Waals surface area contributed by atoms with E-state index in [1.165, 1.54) is 38.5 Å². The van der Waals surface area contributed by atoms with Gasteiger partial charge in [0.1, 0.15) is 0 Å². The number of nitrogens with zero attached hydrogens (tertiary/aromatic N) is 1. The summed E-state index contributed by atoms with van der Waals surface area (Å²) in [5.74, 6) is 0.966. The molecule has 1 aliphatic carbocycles. The number of rotatable bonds is 4. The second kappa shape index (κ2) is 5.38. The van der Waals surface area contributed by atoms with E-state index < -0.39 is 0 Å². The normalized spacial score (nSPS) is 21.5. The van der Waals surface area contributed by atoms with E-state index in [9.17, 15) is 4.79 Å². The molecule has 3 nitrogen and oxygen atoms in total. The first-order chi connectivity index (χ1) is 7.36. The van der Waals surface area contributed by atoms with E-state index in [-0.39, 0.29) is 6.03 Å². The van der Waals surface area contributed by atoms with Crippen LogP contribution < -0.4 is 5.32 Å². The summed E-state index contributed by atoms with van der Waals surface area (Å²) in [6, 6.07) is 0.154. The van der Waals surface area contributed by atoms with Crippen LogP contribution in [0.1, 0.15) is 44.9 Å². The van der Waals surface area contributed by atoms with Crippen molar-refractivity contribution in [2.45, 2.75) is 44.9 Å². The van der Waals surface area contributed by atoms with Gasteiger partial charge in [0.15, 0.2) is 0 Å². The molecule has 0 aromatic rings. The van der Waals surface area contributed by atoms with Crippen LogP contribution in [0, 0.1) is 5.92 Å². The average Bonchev–Trinajstić information content (AvgIpc) is 2.67. The summed E-state index contributed by atoms with van der Waals surface area (Å²) in [5.41, 5.74) is 0. The molecule has 0 aromatic heterocycles. The fraction of sp³-hybridized carbons (Fsp3) is 0.917. The zero-order valence-corrected chi connectivity index (χ0v) is 9.50. The van der Waals surface area contributed by atoms with Gasteiger partial charge < -0.3 is 10.2 Å². The highest BCUT2D eigenvalue weighted by molar-refractivity contribution is 5.74. The van der Waals surface area contributed by atoms with E-state index in [0.717, 1.165) is 32.0 Å². The van der Waals surface area contributed by atoms with Gasteiger partial charge in [-0.1, -0.05) is 19.3 Å². The lowest BCUT2D eigenvalue weighted by Crippen LogP contribution is -2.38. The maximum absolute atomic E-state index is 11.6. The van der Waals surface area contributed by atoms with Crippen LogP contribution in [-0.4, -0.2) is 30.6 Å². The summed E-state index contributed by atoms with van der Waals surface area (Å²) in [5, 5.41) is 3.02. The number of carbonyl (C=O) groups excluding carboxylic acids is 1. The quantitative estimate of drug-likeness (QED) is 0.710. The molecule has 1 saturated heterocycles. The van der Waals surface area contributed by atoms with Gasteiger partial charge in [0.25, 0.3) is 0 Å². The SMILES string of the molecule is O=C(NCCCC1CCC1)N1CCCC1. The van der Waals surface area contributed by atoms with Crippen LogP contribution in [0.3, 0.4) is 0 Å². The first-order valence-electron chi connectivity index (χ1n) is 6.39. The monoisotopic (exact) mass is 210 g/mol. The Morgan fingerprint density at radius 2 is 1.93 bits per heavy atom. The van der Waals surface area contributed by atoms with Crippen molar-refractivity contribution in [3.63, 3.8) is 0 Å². The summed E-state index contributed by atoms with van der Waals surface area (Å²) in [6.45, 7) is 2.77. The molecule has 0 unspecified atom stereocenters. The molecular formula is C12H22N2O. The molecule has 1 N–H and O–H groups in total. The van der Waals surface area contributed by atoms with Gasteiger partial charge >= 0.3 is 6.03 Å². The topological polar surface area (TPSA) is 32.3 Å². The summed E-state index contributed by atoms with van der Waals surface area (Å²) in [4.78, 5) is 13.5. The first-order valence-corrected chi connectivity index (χ1v) is 6.39. The van der Waals surface area contributed by atoms with Gasteiger partial charge in [-0.2, -0.15) is 0 Å². The van der Waals surface area contributed by atoms with Crippen molar-refractivity contribution in [1.82, 2.24) is 10.2 Å². The van der Waals surface area contributed by atoms with Crippen LogP contribution in [0.5, 0.6) is 0 Å². The molecular weight excluding hydrogens is 188 g/mol. The molecule has 1 heterocycles. The predicted molar refractivity (Wildman–Crippen MR) is 60.8 cm³/mol. The Morgan fingerprint density at radius 1 is 1.20 bits per heavy atom. The van der Waals surface area contributed by atoms with Gasteiger partial charge in [-0.3, -0.25) is 0 Å². The molecule has 0 spiro atoms. The highest BCUT2D eigenvalue weighted by Gasteiger charge is 2.18. The van der Waals surface area contributed by atoms with Crippen LogP contribution in [0.25, 0.3) is 0 Å². The summed E-state index contributed by atoms with van der Waals surface area (Å²) in [6.07, 6.45) is 9.07. The number of likely N-dealkylation sites (tertiary alicyclic amines) is 1. The maximum Gasteiger partial charge on any atom is 0.317 e. The fourth-order valence-electron chi connectivity index (χ4n) is 2.40. The van der Waals surface area contributed by atoms with E-state index in [1.807, 2.05) is 4.90 Å². The Balaban J connectivity index is 1.50. The summed E-state index contributed by atoms with van der Waals surface area (Å²) in [7, 11) is 0. The zero-order valence-electron chi connectivity index (χ0n) is 9.50. The number of hydrogen-bond acceptors (Lipinski definition) is 1. The highest BCUT2D eigenvalue weighted by Crippen LogP contribution is 2.30. The van der Waals surface area contributed by atoms with Gasteiger partial charge in [-0.25, -0.2) is 4.79 Å². The van der Waals surface area contributed by atoms with E-state index in [1.54, 1.807) is 0 Å². The lowest BCUT2D eigenvalue weighted by Gasteiger charge is -2.25. The van der Waals surface area contributed by atoms with Crippen molar-refractivity contribution in [3.8, 4) is 0 Å². The van der Waals surface area contributed by atoms with Crippen LogP contribution in [0.15, 0.2) is 0 Å². The highest BCUT2D eigenvalue weighted by atomic mass is 16.2. The fourth-order valence-corrected chi connectivity index (χ4v) is 2.40. The zero-order chi connectivity index (χ0) is 10.5. The average molecular weight is 210 g/mol. The lowest BCUT2D eigenvalue weighted by atomic mass is 9.82. The molecule has 3 heteroatoms. The number of carbonyl (C=O) groups is 1. The number of nitrogens with one attached hydrogen (secondary N) is 1. The van der Waals surface area contributed by atoms with E-state index in [0.29, 0.717) is 0 Å². The standard InChI is InChI=1S/C12H22N2O/c15-12(14-9-1-2-10-14)13-8-4-7-11-5-3-6-11/h11H,1-10H2,(H,13,15). The third kappa shape index (κ3) is 3.11. The van der Waals surface area contributed by atoms with Gasteiger partial charge in [0.05, 0.1) is 0 Å². The molecule has 15 heavy (non-hydrogen) atoms. The largest absolute Gasteiger partial charge is 0.338 e. The van der Waals surface area contributed by atoms with Crippen molar-refractivity contribution >= 4 is 6.03 Å². The molecule has 2 amide bonds. The van der Waals surface area contributed by atoms with E-state index in [4.69, 9.17) is 0 Å². The smallest absolute Gasteiger partial charge is 0.317 e. The Bertz CT molecular complexity index is 208. The summed E-state index contributed by atoms with van der Waals surface area (Å²) >= 11 is 0. The predicted octanol–water partition coefficient (Wildman–Crippen LogP) is 2.37. The molecule has 0 radical (unpaired) electrons. The van der Waals surface area contributed by atoms with Gasteiger partial charge in [0, 0.05) is 19.6 Å². The molecule has 2 fully saturated rings. The van der Waals surface area contributed by atoms with Crippen molar-refractivity contribution in [2.75, 3.05) is 19.6 Å². The Hall–Kier alpha value is -0.730. The Kier molecular flexibility index (Phi) is 3.87. The minimum absolute atomic E-state index is 0.154. The number of hydrogen-bond donors (Lipinski definition) is 1. The van der Waals surface area contributed by atoms with Crippen molar-refractivity contribution in [3.05, 3.63) is 0 Å². The van der Waals surface area contributed by atoms with Crippen molar-refractivity contribution in [2.24, 2.45) is 5.92 Å². The first kappa shape index (κ1) is 10.8. The third-order valence-corrected chi connectivity index (χ3v) is 3.68. The molecule has 1 saturated carbocycles. The van der Waals surface area contributed by atoms with Gasteiger partial charge in [-0.15, -0.1) is 0 Å². The second-order valence-corrected chi connectivity index (χ2v) is 4.87. The van der Waals surface area contributed by atoms with Crippen LogP contribution >= 0.6 is 0 Å². The van der Waals surface area contributed by atoms with Crippen molar-refractivity contribution < 1.29 is 4.79 Å². The Morgan fingerprint density at radius 3 is 2.53 bits per heavy atom. The lowest BCUT2D eigenvalue weighted by molar-refractivity contribution is 0.207. The van der Waals surface area contributed by atoms with Gasteiger partial charge in [0.2, 0.25) is 0 Å². The molecule has 0 bridgehead atoms. The van der Waals surface area contributed by atoms with E-state index >= 15 is 0 Å².